The van der Waals surface area contributed by atoms with Crippen LogP contribution < -0.4 is 19.7 Å². The highest BCUT2D eigenvalue weighted by Crippen LogP contribution is 2.21. The number of carbonyl (C=O) groups is 1. The van der Waals surface area contributed by atoms with Crippen molar-refractivity contribution >= 4 is 27.3 Å². The summed E-state index contributed by atoms with van der Waals surface area (Å²) in [6.45, 7) is 8.78. The third-order valence-electron chi connectivity index (χ3n) is 4.97. The molecule has 1 aliphatic heterocycles. The highest BCUT2D eigenvalue weighted by Gasteiger charge is 2.19. The number of hydrogen-bond acceptors (Lipinski definition) is 6. The monoisotopic (exact) mass is 461 g/mol. The van der Waals surface area contributed by atoms with Crippen molar-refractivity contribution in [2.75, 3.05) is 41.7 Å². The van der Waals surface area contributed by atoms with Crippen LogP contribution in [0.4, 0.5) is 11.4 Å². The maximum absolute atomic E-state index is 12.4. The van der Waals surface area contributed by atoms with Crippen LogP contribution in [0, 0.1) is 0 Å². The first-order chi connectivity index (χ1) is 15.2. The summed E-state index contributed by atoms with van der Waals surface area (Å²) in [6.07, 6.45) is 0.0267. The maximum atomic E-state index is 12.4. The fourth-order valence-corrected chi connectivity index (χ4v) is 4.42. The third-order valence-corrected chi connectivity index (χ3v) is 6.16. The van der Waals surface area contributed by atoms with Crippen molar-refractivity contribution in [3.63, 3.8) is 0 Å². The topological polar surface area (TPSA) is 97.0 Å². The minimum absolute atomic E-state index is 0.0267. The number of nitrogens with zero attached hydrogens (tertiary/aromatic N) is 1. The van der Waals surface area contributed by atoms with Crippen molar-refractivity contribution in [1.29, 1.82) is 0 Å². The second kappa shape index (κ2) is 10.7. The number of carbonyl (C=O) groups excluding carboxylic acids is 1. The van der Waals surface area contributed by atoms with Gasteiger partial charge in [-0.3, -0.25) is 9.52 Å². The molecule has 1 amide bonds. The van der Waals surface area contributed by atoms with Gasteiger partial charge in [0, 0.05) is 24.5 Å². The Bertz CT molecular complexity index is 985. The number of anilines is 2. The molecule has 1 aliphatic rings. The lowest BCUT2D eigenvalue weighted by molar-refractivity contribution is -0.119. The van der Waals surface area contributed by atoms with E-state index in [1.807, 2.05) is 45.0 Å². The summed E-state index contributed by atoms with van der Waals surface area (Å²) in [5.41, 5.74) is 2.38. The summed E-state index contributed by atoms with van der Waals surface area (Å²) in [7, 11) is -3.84. The number of amides is 1. The van der Waals surface area contributed by atoms with E-state index in [-0.39, 0.29) is 12.1 Å². The van der Waals surface area contributed by atoms with Gasteiger partial charge in [-0.25, -0.2) is 8.42 Å². The van der Waals surface area contributed by atoms with E-state index in [4.69, 9.17) is 9.47 Å². The summed E-state index contributed by atoms with van der Waals surface area (Å²) < 4.78 is 38.1. The molecule has 9 heteroatoms. The van der Waals surface area contributed by atoms with E-state index < -0.39 is 21.7 Å². The molecule has 2 aromatic rings. The van der Waals surface area contributed by atoms with Crippen LogP contribution in [0.15, 0.2) is 48.5 Å². The van der Waals surface area contributed by atoms with Gasteiger partial charge in [-0.1, -0.05) is 12.1 Å². The molecule has 1 fully saturated rings. The van der Waals surface area contributed by atoms with Crippen LogP contribution >= 0.6 is 0 Å². The lowest BCUT2D eigenvalue weighted by Crippen LogP contribution is -2.36. The van der Waals surface area contributed by atoms with Gasteiger partial charge in [-0.15, -0.1) is 0 Å². The Morgan fingerprint density at radius 2 is 1.66 bits per heavy atom. The molecular weight excluding hydrogens is 430 g/mol. The van der Waals surface area contributed by atoms with E-state index in [0.717, 1.165) is 24.3 Å². The Kier molecular flexibility index (Phi) is 7.98. The summed E-state index contributed by atoms with van der Waals surface area (Å²) in [4.78, 5) is 14.6. The lowest BCUT2D eigenvalue weighted by atomic mass is 10.1. The van der Waals surface area contributed by atoms with E-state index >= 15 is 0 Å². The van der Waals surface area contributed by atoms with Gasteiger partial charge in [-0.2, -0.15) is 0 Å². The molecule has 0 spiro atoms. The fraction of sp³-hybridized carbons (Fsp3) is 0.435. The van der Waals surface area contributed by atoms with Gasteiger partial charge in [0.05, 0.1) is 25.4 Å². The molecule has 1 atom stereocenters. The molecule has 0 aromatic heterocycles. The number of sulfonamides is 1. The van der Waals surface area contributed by atoms with E-state index in [2.05, 4.69) is 14.9 Å². The quantitative estimate of drug-likeness (QED) is 0.596. The first kappa shape index (κ1) is 23.9. The summed E-state index contributed by atoms with van der Waals surface area (Å²) in [6, 6.07) is 14.2. The SMILES string of the molecule is CC(C)Oc1ccc(NS(=O)(=O)CC(=O)NC(C)c2ccc(N3CCOCC3)cc2)cc1. The Morgan fingerprint density at radius 3 is 2.25 bits per heavy atom. The first-order valence-electron chi connectivity index (χ1n) is 10.7. The van der Waals surface area contributed by atoms with Crippen LogP contribution in [0.25, 0.3) is 0 Å². The van der Waals surface area contributed by atoms with Crippen molar-refractivity contribution < 1.29 is 22.7 Å². The van der Waals surface area contributed by atoms with Crippen molar-refractivity contribution in [3.05, 3.63) is 54.1 Å². The predicted molar refractivity (Wildman–Crippen MR) is 126 cm³/mol. The normalized spacial score (nSPS) is 15.3. The fourth-order valence-electron chi connectivity index (χ4n) is 3.42. The van der Waals surface area contributed by atoms with Crippen LogP contribution in [-0.2, 0) is 19.6 Å². The number of rotatable bonds is 9. The Labute approximate surface area is 190 Å². The number of nitrogens with one attached hydrogen (secondary N) is 2. The number of hydrogen-bond donors (Lipinski definition) is 2. The summed E-state index contributed by atoms with van der Waals surface area (Å²) in [5, 5.41) is 2.76. The maximum Gasteiger partial charge on any atom is 0.241 e. The summed E-state index contributed by atoms with van der Waals surface area (Å²) in [5.74, 6) is -0.579. The van der Waals surface area contributed by atoms with Gasteiger partial charge >= 0.3 is 0 Å². The molecule has 32 heavy (non-hydrogen) atoms. The average molecular weight is 462 g/mol. The standard InChI is InChI=1S/C23H31N3O5S/c1-17(2)31-22-10-6-20(7-11-22)25-32(28,29)16-23(27)24-18(3)19-4-8-21(9-5-19)26-12-14-30-15-13-26/h4-11,17-18,25H,12-16H2,1-3H3,(H,24,27). The zero-order chi connectivity index (χ0) is 23.1. The molecule has 174 valence electrons. The Morgan fingerprint density at radius 1 is 1.03 bits per heavy atom. The van der Waals surface area contributed by atoms with Crippen molar-refractivity contribution in [2.24, 2.45) is 0 Å². The van der Waals surface area contributed by atoms with Crippen LogP contribution in [-0.4, -0.2) is 52.5 Å². The van der Waals surface area contributed by atoms with E-state index in [9.17, 15) is 13.2 Å². The molecule has 2 aromatic carbocycles. The first-order valence-corrected chi connectivity index (χ1v) is 12.4. The minimum atomic E-state index is -3.84. The van der Waals surface area contributed by atoms with Crippen molar-refractivity contribution in [2.45, 2.75) is 32.9 Å². The van der Waals surface area contributed by atoms with Crippen LogP contribution in [0.5, 0.6) is 5.75 Å². The van der Waals surface area contributed by atoms with E-state index in [1.54, 1.807) is 24.3 Å². The van der Waals surface area contributed by atoms with Crippen LogP contribution in [0.1, 0.15) is 32.4 Å². The molecule has 8 nitrogen and oxygen atoms in total. The third kappa shape index (κ3) is 7.13. The van der Waals surface area contributed by atoms with Gasteiger partial charge in [0.15, 0.2) is 0 Å². The van der Waals surface area contributed by atoms with Crippen molar-refractivity contribution in [3.8, 4) is 5.75 Å². The average Bonchev–Trinajstić information content (AvgIpc) is 2.75. The number of benzene rings is 2. The van der Waals surface area contributed by atoms with Gasteiger partial charge in [0.25, 0.3) is 0 Å². The van der Waals surface area contributed by atoms with Gasteiger partial charge in [0.1, 0.15) is 11.5 Å². The number of morpholine rings is 1. The molecule has 1 heterocycles. The largest absolute Gasteiger partial charge is 0.491 e. The molecular formula is C23H31N3O5S. The van der Waals surface area contributed by atoms with Gasteiger partial charge < -0.3 is 19.7 Å². The molecule has 0 saturated carbocycles. The predicted octanol–water partition coefficient (Wildman–Crippen LogP) is 2.93. The molecule has 1 saturated heterocycles. The molecule has 0 radical (unpaired) electrons. The number of ether oxygens (including phenoxy) is 2. The molecule has 1 unspecified atom stereocenters. The lowest BCUT2D eigenvalue weighted by Gasteiger charge is -2.29. The molecule has 0 bridgehead atoms. The van der Waals surface area contributed by atoms with Crippen LogP contribution in [0.2, 0.25) is 0 Å². The zero-order valence-corrected chi connectivity index (χ0v) is 19.5. The summed E-state index contributed by atoms with van der Waals surface area (Å²) >= 11 is 0. The second-order valence-corrected chi connectivity index (χ2v) is 9.75. The highest BCUT2D eigenvalue weighted by atomic mass is 32.2. The molecule has 2 N–H and O–H groups in total. The van der Waals surface area contributed by atoms with E-state index in [1.165, 1.54) is 0 Å². The van der Waals surface area contributed by atoms with Gasteiger partial charge in [-0.05, 0) is 62.7 Å². The Balaban J connectivity index is 1.52. The van der Waals surface area contributed by atoms with Gasteiger partial charge in [0.2, 0.25) is 15.9 Å². The molecule has 0 aliphatic carbocycles. The second-order valence-electron chi connectivity index (χ2n) is 8.03. The zero-order valence-electron chi connectivity index (χ0n) is 18.7. The highest BCUT2D eigenvalue weighted by molar-refractivity contribution is 7.93. The molecule has 3 rings (SSSR count). The van der Waals surface area contributed by atoms with Crippen molar-refractivity contribution in [1.82, 2.24) is 5.32 Å². The smallest absolute Gasteiger partial charge is 0.241 e. The Hall–Kier alpha value is -2.78. The minimum Gasteiger partial charge on any atom is -0.491 e. The van der Waals surface area contributed by atoms with E-state index in [0.29, 0.717) is 24.7 Å². The van der Waals surface area contributed by atoms with Crippen LogP contribution in [0.3, 0.4) is 0 Å².